The van der Waals surface area contributed by atoms with Gasteiger partial charge >= 0.3 is 0 Å². The number of pyridine rings is 1. The number of carbonyl (C=O) groups excluding carboxylic acids is 1. The molecule has 1 aromatic heterocycles. The molecule has 3 N–H and O–H groups in total. The van der Waals surface area contributed by atoms with Crippen LogP contribution in [0.2, 0.25) is 0 Å². The maximum atomic E-state index is 12.1. The van der Waals surface area contributed by atoms with Crippen LogP contribution < -0.4 is 11.1 Å². The van der Waals surface area contributed by atoms with E-state index >= 15 is 0 Å². The summed E-state index contributed by atoms with van der Waals surface area (Å²) >= 11 is 3.30. The number of nitrogens with two attached hydrogens (primary N) is 1. The molecule has 0 radical (unpaired) electrons. The number of hydrogen-bond donors (Lipinski definition) is 2. The first-order valence-corrected chi connectivity index (χ1v) is 6.14. The molecule has 4 nitrogen and oxygen atoms in total. The highest BCUT2D eigenvalue weighted by Crippen LogP contribution is 2.20. The van der Waals surface area contributed by atoms with Crippen LogP contribution in [-0.4, -0.2) is 10.9 Å². The van der Waals surface area contributed by atoms with Crippen molar-refractivity contribution in [2.24, 2.45) is 0 Å². The number of halogens is 1. The molecule has 0 aliphatic carbocycles. The van der Waals surface area contributed by atoms with Gasteiger partial charge in [0.15, 0.2) is 0 Å². The summed E-state index contributed by atoms with van der Waals surface area (Å²) in [6, 6.07) is 6.92. The normalized spacial score (nSPS) is 10.1. The summed E-state index contributed by atoms with van der Waals surface area (Å²) in [5.74, 6) is -0.227. The van der Waals surface area contributed by atoms with Crippen molar-refractivity contribution in [1.82, 2.24) is 4.98 Å². The largest absolute Gasteiger partial charge is 0.398 e. The average molecular weight is 306 g/mol. The first-order valence-electron chi connectivity index (χ1n) is 5.35. The molecule has 2 rings (SSSR count). The number of nitrogens with one attached hydrogen (secondary N) is 1. The number of rotatable bonds is 2. The Hall–Kier alpha value is -1.88. The molecular weight excluding hydrogens is 294 g/mol. The second-order valence-corrected chi connectivity index (χ2v) is 4.79. The van der Waals surface area contributed by atoms with E-state index in [4.69, 9.17) is 5.73 Å². The summed E-state index contributed by atoms with van der Waals surface area (Å²) in [5.41, 5.74) is 8.34. The van der Waals surface area contributed by atoms with Gasteiger partial charge in [-0.3, -0.25) is 9.78 Å². The van der Waals surface area contributed by atoms with E-state index < -0.39 is 0 Å². The Morgan fingerprint density at radius 3 is 2.83 bits per heavy atom. The van der Waals surface area contributed by atoms with E-state index in [-0.39, 0.29) is 5.91 Å². The lowest BCUT2D eigenvalue weighted by molar-refractivity contribution is 0.102. The Kier molecular flexibility index (Phi) is 3.62. The van der Waals surface area contributed by atoms with Crippen LogP contribution in [0.15, 0.2) is 41.1 Å². The van der Waals surface area contributed by atoms with Gasteiger partial charge < -0.3 is 11.1 Å². The van der Waals surface area contributed by atoms with Crippen LogP contribution in [0.4, 0.5) is 11.4 Å². The number of nitrogens with zero attached hydrogens (tertiary/aromatic N) is 1. The number of benzene rings is 1. The van der Waals surface area contributed by atoms with Crippen molar-refractivity contribution in [3.63, 3.8) is 0 Å². The van der Waals surface area contributed by atoms with E-state index in [9.17, 15) is 4.79 Å². The van der Waals surface area contributed by atoms with Gasteiger partial charge in [-0.25, -0.2) is 0 Å². The van der Waals surface area contributed by atoms with Gasteiger partial charge in [0.05, 0.1) is 5.56 Å². The molecule has 18 heavy (non-hydrogen) atoms. The zero-order chi connectivity index (χ0) is 13.1. The molecule has 1 aromatic carbocycles. The zero-order valence-corrected chi connectivity index (χ0v) is 11.4. The van der Waals surface area contributed by atoms with Gasteiger partial charge in [-0.2, -0.15) is 0 Å². The van der Waals surface area contributed by atoms with Gasteiger partial charge in [0, 0.05) is 28.2 Å². The maximum absolute atomic E-state index is 12.1. The Balaban J connectivity index is 2.25. The highest BCUT2D eigenvalue weighted by Gasteiger charge is 2.11. The molecule has 0 spiro atoms. The summed E-state index contributed by atoms with van der Waals surface area (Å²) in [6.45, 7) is 1.88. The predicted octanol–water partition coefficient (Wildman–Crippen LogP) is 2.99. The SMILES string of the molecule is Cc1cnccc1NC(=O)c1ccc(Br)cc1N. The van der Waals surface area contributed by atoms with E-state index in [1.54, 1.807) is 36.7 Å². The number of nitrogen functional groups attached to an aromatic ring is 1. The van der Waals surface area contributed by atoms with Gasteiger partial charge in [0.2, 0.25) is 0 Å². The lowest BCUT2D eigenvalue weighted by Crippen LogP contribution is -2.14. The highest BCUT2D eigenvalue weighted by atomic mass is 79.9. The van der Waals surface area contributed by atoms with Gasteiger partial charge in [-0.1, -0.05) is 15.9 Å². The Morgan fingerprint density at radius 2 is 2.17 bits per heavy atom. The minimum Gasteiger partial charge on any atom is -0.398 e. The van der Waals surface area contributed by atoms with E-state index in [0.717, 1.165) is 15.7 Å². The van der Waals surface area contributed by atoms with E-state index in [2.05, 4.69) is 26.2 Å². The zero-order valence-electron chi connectivity index (χ0n) is 9.77. The Bertz CT molecular complexity index is 599. The van der Waals surface area contributed by atoms with Crippen molar-refractivity contribution in [2.75, 3.05) is 11.1 Å². The van der Waals surface area contributed by atoms with Gasteiger partial charge in [0.25, 0.3) is 5.91 Å². The van der Waals surface area contributed by atoms with Crippen molar-refractivity contribution in [1.29, 1.82) is 0 Å². The van der Waals surface area contributed by atoms with Crippen molar-refractivity contribution in [2.45, 2.75) is 6.92 Å². The lowest BCUT2D eigenvalue weighted by Gasteiger charge is -2.09. The minimum absolute atomic E-state index is 0.227. The van der Waals surface area contributed by atoms with Gasteiger partial charge in [-0.15, -0.1) is 0 Å². The van der Waals surface area contributed by atoms with Crippen molar-refractivity contribution in [3.05, 3.63) is 52.3 Å². The molecule has 0 bridgehead atoms. The van der Waals surface area contributed by atoms with Crippen LogP contribution in [0, 0.1) is 6.92 Å². The summed E-state index contributed by atoms with van der Waals surface area (Å²) in [7, 11) is 0. The standard InChI is InChI=1S/C13H12BrN3O/c1-8-7-16-5-4-12(8)17-13(18)10-3-2-9(14)6-11(10)15/h2-7H,15H2,1H3,(H,16,17,18). The van der Waals surface area contributed by atoms with Crippen LogP contribution in [0.1, 0.15) is 15.9 Å². The predicted molar refractivity (Wildman–Crippen MR) is 75.5 cm³/mol. The quantitative estimate of drug-likeness (QED) is 0.838. The minimum atomic E-state index is -0.227. The summed E-state index contributed by atoms with van der Waals surface area (Å²) in [6.07, 6.45) is 3.33. The fourth-order valence-electron chi connectivity index (χ4n) is 1.54. The van der Waals surface area contributed by atoms with E-state index in [1.165, 1.54) is 0 Å². The monoisotopic (exact) mass is 305 g/mol. The number of anilines is 2. The molecule has 1 amide bonds. The smallest absolute Gasteiger partial charge is 0.257 e. The maximum Gasteiger partial charge on any atom is 0.257 e. The van der Waals surface area contributed by atoms with Gasteiger partial charge in [-0.05, 0) is 36.8 Å². The molecule has 2 aromatic rings. The molecule has 5 heteroatoms. The summed E-state index contributed by atoms with van der Waals surface area (Å²) in [4.78, 5) is 16.0. The van der Waals surface area contributed by atoms with Crippen molar-refractivity contribution < 1.29 is 4.79 Å². The van der Waals surface area contributed by atoms with E-state index in [1.807, 2.05) is 6.92 Å². The van der Waals surface area contributed by atoms with Crippen molar-refractivity contribution >= 4 is 33.2 Å². The fraction of sp³-hybridized carbons (Fsp3) is 0.0769. The molecule has 0 aliphatic heterocycles. The second-order valence-electron chi connectivity index (χ2n) is 3.88. The van der Waals surface area contributed by atoms with Crippen LogP contribution in [-0.2, 0) is 0 Å². The molecule has 92 valence electrons. The molecule has 1 heterocycles. The fourth-order valence-corrected chi connectivity index (χ4v) is 1.92. The highest BCUT2D eigenvalue weighted by molar-refractivity contribution is 9.10. The van der Waals surface area contributed by atoms with Gasteiger partial charge in [0.1, 0.15) is 0 Å². The third kappa shape index (κ3) is 2.68. The molecule has 0 saturated heterocycles. The van der Waals surface area contributed by atoms with Crippen LogP contribution in [0.25, 0.3) is 0 Å². The first kappa shape index (κ1) is 12.6. The third-order valence-electron chi connectivity index (χ3n) is 2.53. The molecular formula is C13H12BrN3O. The second kappa shape index (κ2) is 5.18. The van der Waals surface area contributed by atoms with E-state index in [0.29, 0.717) is 11.3 Å². The Labute approximate surface area is 113 Å². The summed E-state index contributed by atoms with van der Waals surface area (Å²) < 4.78 is 0.844. The van der Waals surface area contributed by atoms with Crippen LogP contribution in [0.3, 0.4) is 0 Å². The van der Waals surface area contributed by atoms with Crippen LogP contribution in [0.5, 0.6) is 0 Å². The first-order chi connectivity index (χ1) is 8.58. The lowest BCUT2D eigenvalue weighted by atomic mass is 10.1. The topological polar surface area (TPSA) is 68.0 Å². The van der Waals surface area contributed by atoms with Crippen molar-refractivity contribution in [3.8, 4) is 0 Å². The number of carbonyl (C=O) groups is 1. The molecule has 0 unspecified atom stereocenters. The number of hydrogen-bond acceptors (Lipinski definition) is 3. The number of aryl methyl sites for hydroxylation is 1. The molecule has 0 saturated carbocycles. The average Bonchev–Trinajstić information content (AvgIpc) is 2.32. The van der Waals surface area contributed by atoms with Crippen LogP contribution >= 0.6 is 15.9 Å². The third-order valence-corrected chi connectivity index (χ3v) is 3.02. The molecule has 0 aliphatic rings. The molecule has 0 fully saturated rings. The number of amides is 1. The Morgan fingerprint density at radius 1 is 1.39 bits per heavy atom. The number of aromatic nitrogens is 1. The summed E-state index contributed by atoms with van der Waals surface area (Å²) in [5, 5.41) is 2.81. The molecule has 0 atom stereocenters.